The molecule has 4 heterocycles. The Kier molecular flexibility index (Phi) is 6.22. The van der Waals surface area contributed by atoms with E-state index in [0.29, 0.717) is 63.6 Å². The topological polar surface area (TPSA) is 79.4 Å². The third-order valence-electron chi connectivity index (χ3n) is 6.55. The normalized spacial score (nSPS) is 21.1. The average Bonchev–Trinajstić information content (AvgIpc) is 3.42. The summed E-state index contributed by atoms with van der Waals surface area (Å²) in [4.78, 5) is 44.7. The van der Waals surface area contributed by atoms with Crippen LogP contribution in [0.15, 0.2) is 41.8 Å². The van der Waals surface area contributed by atoms with E-state index in [9.17, 15) is 14.4 Å². The van der Waals surface area contributed by atoms with Gasteiger partial charge in [0.25, 0.3) is 11.8 Å². The quantitative estimate of drug-likeness (QED) is 0.688. The molecule has 0 unspecified atom stereocenters. The van der Waals surface area contributed by atoms with Crippen LogP contribution < -0.4 is 9.47 Å². The van der Waals surface area contributed by atoms with Crippen molar-refractivity contribution in [3.8, 4) is 11.5 Å². The van der Waals surface area contributed by atoms with Gasteiger partial charge >= 0.3 is 0 Å². The second-order valence-corrected chi connectivity index (χ2v) is 9.51. The number of para-hydroxylation sites is 2. The van der Waals surface area contributed by atoms with Crippen LogP contribution in [0.4, 0.5) is 0 Å². The second-order valence-electron chi connectivity index (χ2n) is 8.56. The van der Waals surface area contributed by atoms with Crippen molar-refractivity contribution < 1.29 is 23.9 Å². The Bertz CT molecular complexity index is 1010. The molecule has 174 valence electrons. The molecule has 0 spiro atoms. The SMILES string of the molecule is O=C(c1cccs1)N1CCC(C(=O)N2CCN(C(=O)[C@H]3COc4ccccc4O3)CC2)CC1. The van der Waals surface area contributed by atoms with Gasteiger partial charge in [0.05, 0.1) is 4.88 Å². The number of carbonyl (C=O) groups is 3. The minimum absolute atomic E-state index is 0.0551. The molecule has 0 bridgehead atoms. The molecule has 1 atom stereocenters. The highest BCUT2D eigenvalue weighted by Gasteiger charge is 2.36. The summed E-state index contributed by atoms with van der Waals surface area (Å²) in [5.41, 5.74) is 0. The van der Waals surface area contributed by atoms with Crippen molar-refractivity contribution >= 4 is 29.1 Å². The van der Waals surface area contributed by atoms with Gasteiger partial charge in [-0.05, 0) is 36.4 Å². The number of piperidine rings is 1. The predicted molar refractivity (Wildman–Crippen MR) is 122 cm³/mol. The summed E-state index contributed by atoms with van der Waals surface area (Å²) < 4.78 is 11.5. The van der Waals surface area contributed by atoms with Gasteiger partial charge in [-0.25, -0.2) is 0 Å². The highest BCUT2D eigenvalue weighted by Crippen LogP contribution is 2.31. The maximum absolute atomic E-state index is 13.1. The molecule has 0 N–H and O–H groups in total. The van der Waals surface area contributed by atoms with Crippen LogP contribution in [0, 0.1) is 5.92 Å². The van der Waals surface area contributed by atoms with Crippen molar-refractivity contribution in [1.29, 1.82) is 0 Å². The zero-order valence-electron chi connectivity index (χ0n) is 18.4. The van der Waals surface area contributed by atoms with E-state index in [0.717, 1.165) is 4.88 Å². The Morgan fingerprint density at radius 3 is 2.12 bits per heavy atom. The van der Waals surface area contributed by atoms with Crippen LogP contribution in [0.25, 0.3) is 0 Å². The van der Waals surface area contributed by atoms with Crippen molar-refractivity contribution in [2.45, 2.75) is 18.9 Å². The molecule has 8 nitrogen and oxygen atoms in total. The molecule has 2 fully saturated rings. The number of hydrogen-bond acceptors (Lipinski definition) is 6. The molecular weight excluding hydrogens is 442 g/mol. The van der Waals surface area contributed by atoms with Crippen molar-refractivity contribution in [2.75, 3.05) is 45.9 Å². The first kappa shape index (κ1) is 21.8. The molecular formula is C24H27N3O5S. The van der Waals surface area contributed by atoms with Gasteiger partial charge in [-0.3, -0.25) is 14.4 Å². The highest BCUT2D eigenvalue weighted by molar-refractivity contribution is 7.12. The first-order valence-corrected chi connectivity index (χ1v) is 12.3. The number of hydrogen-bond donors (Lipinski definition) is 0. The van der Waals surface area contributed by atoms with E-state index in [1.54, 1.807) is 11.0 Å². The third kappa shape index (κ3) is 4.55. The average molecular weight is 470 g/mol. The van der Waals surface area contributed by atoms with Gasteiger partial charge < -0.3 is 24.2 Å². The lowest BCUT2D eigenvalue weighted by atomic mass is 9.94. The molecule has 5 rings (SSSR count). The first-order chi connectivity index (χ1) is 16.1. The summed E-state index contributed by atoms with van der Waals surface area (Å²) in [6.45, 7) is 3.41. The smallest absolute Gasteiger partial charge is 0.267 e. The van der Waals surface area contributed by atoms with Gasteiger partial charge in [-0.15, -0.1) is 11.3 Å². The lowest BCUT2D eigenvalue weighted by Gasteiger charge is -2.39. The number of likely N-dealkylation sites (tertiary alicyclic amines) is 1. The van der Waals surface area contributed by atoms with Gasteiger partial charge in [0.2, 0.25) is 12.0 Å². The number of piperazine rings is 1. The number of benzene rings is 1. The third-order valence-corrected chi connectivity index (χ3v) is 7.41. The Hall–Kier alpha value is -3.07. The van der Waals surface area contributed by atoms with E-state index < -0.39 is 6.10 Å². The van der Waals surface area contributed by atoms with Gasteiger partial charge in [0.15, 0.2) is 11.5 Å². The number of fused-ring (bicyclic) bond motifs is 1. The maximum Gasteiger partial charge on any atom is 0.267 e. The maximum atomic E-state index is 13.1. The zero-order chi connectivity index (χ0) is 22.8. The van der Waals surface area contributed by atoms with Gasteiger partial charge in [0, 0.05) is 45.2 Å². The zero-order valence-corrected chi connectivity index (χ0v) is 19.2. The number of ether oxygens (including phenoxy) is 2. The van der Waals surface area contributed by atoms with Crippen molar-refractivity contribution in [3.05, 3.63) is 46.7 Å². The first-order valence-electron chi connectivity index (χ1n) is 11.4. The predicted octanol–water partition coefficient (Wildman–Crippen LogP) is 2.11. The molecule has 3 aliphatic heterocycles. The van der Waals surface area contributed by atoms with E-state index in [-0.39, 0.29) is 30.2 Å². The second kappa shape index (κ2) is 9.43. The standard InChI is InChI=1S/C24H27N3O5S/c28-22(17-7-9-25(10-8-17)24(30)21-6-3-15-33-21)26-11-13-27(14-12-26)23(29)20-16-31-18-4-1-2-5-19(18)32-20/h1-6,15,17,20H,7-14,16H2/t20-/m1/s1. The molecule has 0 aliphatic carbocycles. The molecule has 2 aromatic rings. The monoisotopic (exact) mass is 469 g/mol. The molecule has 3 aliphatic rings. The van der Waals surface area contributed by atoms with Crippen LogP contribution in [0.1, 0.15) is 22.5 Å². The summed E-state index contributed by atoms with van der Waals surface area (Å²) in [5.74, 6) is 1.26. The minimum Gasteiger partial charge on any atom is -0.485 e. The van der Waals surface area contributed by atoms with Gasteiger partial charge in [-0.1, -0.05) is 18.2 Å². The molecule has 2 saturated heterocycles. The summed E-state index contributed by atoms with van der Waals surface area (Å²) in [6, 6.07) is 11.1. The number of amides is 3. The molecule has 1 aromatic carbocycles. The van der Waals surface area contributed by atoms with Gasteiger partial charge in [-0.2, -0.15) is 0 Å². The number of rotatable bonds is 3. The van der Waals surface area contributed by atoms with E-state index in [2.05, 4.69) is 0 Å². The molecule has 9 heteroatoms. The molecule has 0 radical (unpaired) electrons. The van der Waals surface area contributed by atoms with Crippen LogP contribution in [0.2, 0.25) is 0 Å². The minimum atomic E-state index is -0.660. The Balaban J connectivity index is 1.09. The van der Waals surface area contributed by atoms with E-state index >= 15 is 0 Å². The van der Waals surface area contributed by atoms with E-state index in [4.69, 9.17) is 9.47 Å². The summed E-state index contributed by atoms with van der Waals surface area (Å²) >= 11 is 1.45. The lowest BCUT2D eigenvalue weighted by Crippen LogP contribution is -2.56. The highest BCUT2D eigenvalue weighted by atomic mass is 32.1. The largest absolute Gasteiger partial charge is 0.485 e. The Morgan fingerprint density at radius 2 is 1.45 bits per heavy atom. The van der Waals surface area contributed by atoms with Gasteiger partial charge in [0.1, 0.15) is 6.61 Å². The molecule has 33 heavy (non-hydrogen) atoms. The number of nitrogens with zero attached hydrogens (tertiary/aromatic N) is 3. The van der Waals surface area contributed by atoms with E-state index in [1.807, 2.05) is 45.5 Å². The summed E-state index contributed by atoms with van der Waals surface area (Å²) in [6.07, 6.45) is 0.705. The fourth-order valence-electron chi connectivity index (χ4n) is 4.64. The van der Waals surface area contributed by atoms with Crippen LogP contribution >= 0.6 is 11.3 Å². The number of thiophene rings is 1. The van der Waals surface area contributed by atoms with Crippen LogP contribution in [-0.2, 0) is 9.59 Å². The molecule has 3 amide bonds. The Labute approximate surface area is 196 Å². The fraction of sp³-hybridized carbons (Fsp3) is 0.458. The van der Waals surface area contributed by atoms with Crippen molar-refractivity contribution in [1.82, 2.24) is 14.7 Å². The number of carbonyl (C=O) groups excluding carboxylic acids is 3. The van der Waals surface area contributed by atoms with Crippen LogP contribution in [0.5, 0.6) is 11.5 Å². The summed E-state index contributed by atoms with van der Waals surface area (Å²) in [7, 11) is 0. The van der Waals surface area contributed by atoms with Crippen LogP contribution in [-0.4, -0.2) is 84.4 Å². The van der Waals surface area contributed by atoms with Crippen molar-refractivity contribution in [3.63, 3.8) is 0 Å². The molecule has 0 saturated carbocycles. The van der Waals surface area contributed by atoms with E-state index in [1.165, 1.54) is 11.3 Å². The summed E-state index contributed by atoms with van der Waals surface area (Å²) in [5, 5.41) is 1.90. The molecule has 1 aromatic heterocycles. The van der Waals surface area contributed by atoms with Crippen LogP contribution in [0.3, 0.4) is 0 Å². The Morgan fingerprint density at radius 1 is 0.788 bits per heavy atom. The fourth-order valence-corrected chi connectivity index (χ4v) is 5.33. The lowest BCUT2D eigenvalue weighted by molar-refractivity contribution is -0.148. The van der Waals surface area contributed by atoms with Crippen molar-refractivity contribution in [2.24, 2.45) is 5.92 Å².